The molecule has 0 aromatic heterocycles. The fourth-order valence-electron chi connectivity index (χ4n) is 0.982. The van der Waals surface area contributed by atoms with E-state index in [1.54, 1.807) is 20.0 Å². The van der Waals surface area contributed by atoms with Gasteiger partial charge in [-0.15, -0.1) is 0 Å². The molecule has 10 heteroatoms. The Kier molecular flexibility index (Phi) is 4.36. The van der Waals surface area contributed by atoms with E-state index in [4.69, 9.17) is 14.7 Å². The van der Waals surface area contributed by atoms with Gasteiger partial charge in [0.05, 0.1) is 0 Å². The van der Waals surface area contributed by atoms with E-state index < -0.39 is 33.7 Å². The quantitative estimate of drug-likeness (QED) is 0.497. The molecule has 0 heterocycles. The second-order valence-corrected chi connectivity index (χ2v) is 13.1. The molecule has 2 unspecified atom stereocenters. The zero-order valence-electron chi connectivity index (χ0n) is 8.56. The predicted octanol–water partition coefficient (Wildman–Crippen LogP) is -0.737. The zero-order valence-corrected chi connectivity index (χ0v) is 11.2. The summed E-state index contributed by atoms with van der Waals surface area (Å²) in [5.74, 6) is 0. The monoisotopic (exact) mass is 280 g/mol. The van der Waals surface area contributed by atoms with E-state index in [0.29, 0.717) is 0 Å². The molecule has 0 rings (SSSR count). The van der Waals surface area contributed by atoms with Crippen LogP contribution in [0.25, 0.3) is 0 Å². The lowest BCUT2D eigenvalue weighted by atomic mass is 10.8. The molecule has 4 N–H and O–H groups in total. The summed E-state index contributed by atoms with van der Waals surface area (Å²) in [6.07, 6.45) is -0.651. The Morgan fingerprint density at radius 1 is 1.20 bits per heavy atom. The van der Waals surface area contributed by atoms with E-state index in [9.17, 15) is 19.1 Å². The standard InChI is InChI=1S/C5H15O7P3/c1-13(2,3)4-5(6,14(7,8)9)15(10,11)12/h6H,4H2,1-3H3,(H3-,7,8,9,10,11,12). The van der Waals surface area contributed by atoms with Crippen molar-refractivity contribution in [1.29, 1.82) is 0 Å². The van der Waals surface area contributed by atoms with Crippen LogP contribution in [0.2, 0.25) is 0 Å². The third kappa shape index (κ3) is 3.88. The smallest absolute Gasteiger partial charge is 0.369 e. The van der Waals surface area contributed by atoms with Gasteiger partial charge in [0, 0.05) is 27.3 Å². The van der Waals surface area contributed by atoms with Gasteiger partial charge < -0.3 is 29.2 Å². The Labute approximate surface area is 88.2 Å². The summed E-state index contributed by atoms with van der Waals surface area (Å²) < 4.78 is 21.7. The van der Waals surface area contributed by atoms with Crippen molar-refractivity contribution in [1.82, 2.24) is 0 Å². The van der Waals surface area contributed by atoms with Crippen molar-refractivity contribution in [3.63, 3.8) is 0 Å². The van der Waals surface area contributed by atoms with Gasteiger partial charge in [0.1, 0.15) is 6.16 Å². The molecule has 0 aliphatic carbocycles. The van der Waals surface area contributed by atoms with Crippen LogP contribution in [0, 0.1) is 0 Å². The minimum atomic E-state index is -5.54. The molecule has 7 nitrogen and oxygen atoms in total. The van der Waals surface area contributed by atoms with Crippen LogP contribution in [0.4, 0.5) is 0 Å². The number of hydrogen-bond acceptors (Lipinski definition) is 4. The van der Waals surface area contributed by atoms with Crippen LogP contribution in [-0.2, 0) is 9.13 Å². The fraction of sp³-hybridized carbons (Fsp3) is 1.00. The molecule has 0 saturated carbocycles. The Hall–Kier alpha value is 0.690. The van der Waals surface area contributed by atoms with Crippen molar-refractivity contribution in [3.8, 4) is 0 Å². The third-order valence-corrected chi connectivity index (χ3v) is 7.20. The highest BCUT2D eigenvalue weighted by Crippen LogP contribution is 2.70. The van der Waals surface area contributed by atoms with E-state index >= 15 is 0 Å². The molecule has 0 bridgehead atoms. The topological polar surface area (TPSA) is 138 Å². The molecule has 0 saturated heterocycles. The van der Waals surface area contributed by atoms with Gasteiger partial charge in [0.2, 0.25) is 0 Å². The minimum Gasteiger partial charge on any atom is -0.776 e. The van der Waals surface area contributed by atoms with E-state index in [2.05, 4.69) is 0 Å². The van der Waals surface area contributed by atoms with Crippen LogP contribution in [-0.4, -0.2) is 51.0 Å². The molecule has 0 aromatic rings. The van der Waals surface area contributed by atoms with Gasteiger partial charge in [-0.05, 0) is 0 Å². The second-order valence-electron chi connectivity index (χ2n) is 4.29. The highest BCUT2D eigenvalue weighted by atomic mass is 31.2. The summed E-state index contributed by atoms with van der Waals surface area (Å²) in [6.45, 7) is 4.76. The zero-order chi connectivity index (χ0) is 12.7. The average Bonchev–Trinajstić information content (AvgIpc) is 1.77. The van der Waals surface area contributed by atoms with Gasteiger partial charge in [0.15, 0.2) is 7.60 Å². The first-order chi connectivity index (χ1) is 6.21. The van der Waals surface area contributed by atoms with Crippen molar-refractivity contribution in [2.24, 2.45) is 0 Å². The van der Waals surface area contributed by atoms with Crippen molar-refractivity contribution in [2.75, 3.05) is 26.2 Å². The van der Waals surface area contributed by atoms with Crippen LogP contribution in [0.15, 0.2) is 0 Å². The molecular weight excluding hydrogens is 265 g/mol. The molecule has 0 radical (unpaired) electrons. The molecule has 15 heavy (non-hydrogen) atoms. The first-order valence-corrected chi connectivity index (χ1v) is 10.3. The largest absolute Gasteiger partial charge is 0.776 e. The SMILES string of the molecule is C[P+](C)(C)CC(O)(P(=O)([O-])O)P(=O)(O)O. The maximum Gasteiger partial charge on any atom is 0.369 e. The van der Waals surface area contributed by atoms with Crippen LogP contribution in [0.3, 0.4) is 0 Å². The normalized spacial score (nSPS) is 21.9. The lowest BCUT2D eigenvalue weighted by molar-refractivity contribution is -0.204. The molecule has 92 valence electrons. The van der Waals surface area contributed by atoms with Gasteiger partial charge >= 0.3 is 7.60 Å². The number of aliphatic hydroxyl groups is 1. The summed E-state index contributed by atoms with van der Waals surface area (Å²) in [5.41, 5.74) is 0. The summed E-state index contributed by atoms with van der Waals surface area (Å²) in [7, 11) is -12.9. The van der Waals surface area contributed by atoms with Crippen LogP contribution in [0.1, 0.15) is 0 Å². The highest BCUT2D eigenvalue weighted by Gasteiger charge is 2.58. The Bertz CT molecular complexity index is 298. The average molecular weight is 280 g/mol. The van der Waals surface area contributed by atoms with E-state index in [1.165, 1.54) is 0 Å². The lowest BCUT2D eigenvalue weighted by Crippen LogP contribution is -2.37. The molecular formula is C5H15O7P3. The van der Waals surface area contributed by atoms with Crippen molar-refractivity contribution >= 4 is 22.5 Å². The number of rotatable bonds is 4. The molecule has 0 aliphatic rings. The van der Waals surface area contributed by atoms with Crippen LogP contribution >= 0.6 is 22.5 Å². The fourth-order valence-corrected chi connectivity index (χ4v) is 7.57. The van der Waals surface area contributed by atoms with Gasteiger partial charge in [-0.2, -0.15) is 0 Å². The molecule has 0 aromatic carbocycles. The Morgan fingerprint density at radius 2 is 1.53 bits per heavy atom. The van der Waals surface area contributed by atoms with Crippen molar-refractivity contribution < 1.29 is 33.8 Å². The van der Waals surface area contributed by atoms with Gasteiger partial charge in [-0.1, -0.05) is 0 Å². The van der Waals surface area contributed by atoms with Gasteiger partial charge in [-0.3, -0.25) is 4.57 Å². The van der Waals surface area contributed by atoms with Gasteiger partial charge in [-0.25, -0.2) is 0 Å². The summed E-state index contributed by atoms with van der Waals surface area (Å²) in [4.78, 5) is 37.1. The summed E-state index contributed by atoms with van der Waals surface area (Å²) in [5, 5.41) is 6.09. The summed E-state index contributed by atoms with van der Waals surface area (Å²) in [6, 6.07) is 0. The lowest BCUT2D eigenvalue weighted by Gasteiger charge is -2.37. The number of hydrogen-bond donors (Lipinski definition) is 4. The first kappa shape index (κ1) is 15.7. The second kappa shape index (κ2) is 4.17. The van der Waals surface area contributed by atoms with Crippen molar-refractivity contribution in [2.45, 2.75) is 5.08 Å². The van der Waals surface area contributed by atoms with E-state index in [0.717, 1.165) is 0 Å². The molecule has 0 fully saturated rings. The minimum absolute atomic E-state index is 0.651. The maximum atomic E-state index is 10.9. The highest BCUT2D eigenvalue weighted by molar-refractivity contribution is 7.78. The molecule has 0 spiro atoms. The third-order valence-electron chi connectivity index (χ3n) is 1.61. The summed E-state index contributed by atoms with van der Waals surface area (Å²) >= 11 is 0. The van der Waals surface area contributed by atoms with Crippen LogP contribution in [0.5, 0.6) is 0 Å². The van der Waals surface area contributed by atoms with Gasteiger partial charge in [0.25, 0.3) is 5.08 Å². The Balaban J connectivity index is 5.46. The van der Waals surface area contributed by atoms with Crippen molar-refractivity contribution in [3.05, 3.63) is 0 Å². The Morgan fingerprint density at radius 3 is 1.60 bits per heavy atom. The molecule has 0 amide bonds. The molecule has 0 aliphatic heterocycles. The molecule has 2 atom stereocenters. The first-order valence-electron chi connectivity index (χ1n) is 3.83. The maximum absolute atomic E-state index is 10.9. The van der Waals surface area contributed by atoms with Crippen LogP contribution < -0.4 is 4.89 Å². The van der Waals surface area contributed by atoms with E-state index in [1.807, 2.05) is 0 Å². The van der Waals surface area contributed by atoms with E-state index in [-0.39, 0.29) is 0 Å². The predicted molar refractivity (Wildman–Crippen MR) is 56.4 cm³/mol.